The Balaban J connectivity index is 2.76. The van der Waals surface area contributed by atoms with Crippen LogP contribution in [0.4, 0.5) is 0 Å². The molecule has 0 aliphatic rings. The Kier molecular flexibility index (Phi) is 4.52. The summed E-state index contributed by atoms with van der Waals surface area (Å²) in [7, 11) is 0. The lowest BCUT2D eigenvalue weighted by Gasteiger charge is -2.20. The molecule has 0 aromatic heterocycles. The number of carboxylic acid groups (broad SMARTS) is 1. The highest BCUT2D eigenvalue weighted by Crippen LogP contribution is 2.26. The van der Waals surface area contributed by atoms with Crippen LogP contribution >= 0.6 is 0 Å². The molecule has 0 bridgehead atoms. The third-order valence-corrected chi connectivity index (χ3v) is 3.16. The summed E-state index contributed by atoms with van der Waals surface area (Å²) in [5, 5.41) is 18.8. The number of aliphatic carboxylic acids is 1. The SMILES string of the molecule is CC(CC(O)c1ccc(C(C)(C)C)cc1)C(=O)O. The van der Waals surface area contributed by atoms with Crippen molar-refractivity contribution in [2.45, 2.75) is 45.6 Å². The minimum Gasteiger partial charge on any atom is -0.481 e. The van der Waals surface area contributed by atoms with Gasteiger partial charge in [0.25, 0.3) is 0 Å². The van der Waals surface area contributed by atoms with Gasteiger partial charge in [0, 0.05) is 0 Å². The molecule has 1 aromatic carbocycles. The van der Waals surface area contributed by atoms with Gasteiger partial charge >= 0.3 is 5.97 Å². The minimum atomic E-state index is -0.875. The van der Waals surface area contributed by atoms with E-state index in [0.717, 1.165) is 5.56 Å². The van der Waals surface area contributed by atoms with Crippen molar-refractivity contribution in [2.75, 3.05) is 0 Å². The minimum absolute atomic E-state index is 0.0812. The standard InChI is InChI=1S/C15H22O3/c1-10(14(17)18)9-13(16)11-5-7-12(8-6-11)15(2,3)4/h5-8,10,13,16H,9H2,1-4H3,(H,17,18). The number of aliphatic hydroxyl groups is 1. The second kappa shape index (κ2) is 5.53. The van der Waals surface area contributed by atoms with Gasteiger partial charge in [-0.3, -0.25) is 4.79 Å². The molecule has 0 heterocycles. The van der Waals surface area contributed by atoms with Crippen molar-refractivity contribution in [3.05, 3.63) is 35.4 Å². The molecule has 2 N–H and O–H groups in total. The van der Waals surface area contributed by atoms with E-state index >= 15 is 0 Å². The number of rotatable bonds is 4. The lowest BCUT2D eigenvalue weighted by atomic mass is 9.86. The fourth-order valence-corrected chi connectivity index (χ4v) is 1.78. The van der Waals surface area contributed by atoms with Crippen molar-refractivity contribution in [1.29, 1.82) is 0 Å². The largest absolute Gasteiger partial charge is 0.481 e. The van der Waals surface area contributed by atoms with E-state index in [2.05, 4.69) is 20.8 Å². The Morgan fingerprint density at radius 3 is 2.11 bits per heavy atom. The molecule has 0 amide bonds. The average molecular weight is 250 g/mol. The molecule has 0 radical (unpaired) electrons. The molecule has 0 aliphatic carbocycles. The van der Waals surface area contributed by atoms with Crippen LogP contribution in [0.3, 0.4) is 0 Å². The van der Waals surface area contributed by atoms with Crippen LogP contribution in [-0.2, 0) is 10.2 Å². The summed E-state index contributed by atoms with van der Waals surface area (Å²) in [5.74, 6) is -1.41. The van der Waals surface area contributed by atoms with Crippen LogP contribution in [0, 0.1) is 5.92 Å². The second-order valence-corrected chi connectivity index (χ2v) is 5.86. The number of carboxylic acids is 1. The molecule has 18 heavy (non-hydrogen) atoms. The van der Waals surface area contributed by atoms with Crippen molar-refractivity contribution in [3.8, 4) is 0 Å². The third-order valence-electron chi connectivity index (χ3n) is 3.16. The van der Waals surface area contributed by atoms with Crippen molar-refractivity contribution >= 4 is 5.97 Å². The van der Waals surface area contributed by atoms with Gasteiger partial charge in [-0.1, -0.05) is 52.0 Å². The van der Waals surface area contributed by atoms with Crippen molar-refractivity contribution < 1.29 is 15.0 Å². The monoisotopic (exact) mass is 250 g/mol. The van der Waals surface area contributed by atoms with Gasteiger partial charge in [-0.15, -0.1) is 0 Å². The highest BCUT2D eigenvalue weighted by molar-refractivity contribution is 5.69. The van der Waals surface area contributed by atoms with Crippen LogP contribution in [0.25, 0.3) is 0 Å². The van der Waals surface area contributed by atoms with Crippen LogP contribution in [-0.4, -0.2) is 16.2 Å². The molecule has 2 unspecified atom stereocenters. The Morgan fingerprint density at radius 1 is 1.22 bits per heavy atom. The zero-order valence-corrected chi connectivity index (χ0v) is 11.5. The van der Waals surface area contributed by atoms with Crippen LogP contribution < -0.4 is 0 Å². The highest BCUT2D eigenvalue weighted by Gasteiger charge is 2.19. The first kappa shape index (κ1) is 14.7. The Morgan fingerprint density at radius 2 is 1.72 bits per heavy atom. The smallest absolute Gasteiger partial charge is 0.306 e. The van der Waals surface area contributed by atoms with Crippen LogP contribution in [0.2, 0.25) is 0 Å². The van der Waals surface area contributed by atoms with Crippen molar-refractivity contribution in [2.24, 2.45) is 5.92 Å². The summed E-state index contributed by atoms with van der Waals surface area (Å²) in [6.45, 7) is 8.00. The Bertz CT molecular complexity index is 401. The normalized spacial score (nSPS) is 15.2. The number of carbonyl (C=O) groups is 1. The third kappa shape index (κ3) is 3.84. The number of hydrogen-bond acceptors (Lipinski definition) is 2. The number of hydrogen-bond donors (Lipinski definition) is 2. The van der Waals surface area contributed by atoms with Gasteiger partial charge < -0.3 is 10.2 Å². The Hall–Kier alpha value is -1.35. The molecule has 1 rings (SSSR count). The zero-order valence-electron chi connectivity index (χ0n) is 11.5. The predicted octanol–water partition coefficient (Wildman–Crippen LogP) is 3.13. The highest BCUT2D eigenvalue weighted by atomic mass is 16.4. The lowest BCUT2D eigenvalue weighted by Crippen LogP contribution is -2.14. The van der Waals surface area contributed by atoms with Crippen LogP contribution in [0.1, 0.15) is 51.3 Å². The van der Waals surface area contributed by atoms with Crippen molar-refractivity contribution in [1.82, 2.24) is 0 Å². The van der Waals surface area contributed by atoms with Gasteiger partial charge in [0.2, 0.25) is 0 Å². The first-order valence-electron chi connectivity index (χ1n) is 6.23. The van der Waals surface area contributed by atoms with E-state index in [4.69, 9.17) is 5.11 Å². The Labute approximate surface area is 108 Å². The molecule has 0 aliphatic heterocycles. The summed E-state index contributed by atoms with van der Waals surface area (Å²) < 4.78 is 0. The number of benzene rings is 1. The van der Waals surface area contributed by atoms with Gasteiger partial charge in [-0.25, -0.2) is 0 Å². The topological polar surface area (TPSA) is 57.5 Å². The molecule has 0 saturated heterocycles. The van der Waals surface area contributed by atoms with E-state index in [1.54, 1.807) is 6.92 Å². The van der Waals surface area contributed by atoms with Crippen molar-refractivity contribution in [3.63, 3.8) is 0 Å². The maximum atomic E-state index is 10.7. The van der Waals surface area contributed by atoms with E-state index in [1.807, 2.05) is 24.3 Å². The summed E-state index contributed by atoms with van der Waals surface area (Å²) in [4.78, 5) is 10.7. The summed E-state index contributed by atoms with van der Waals surface area (Å²) in [5.41, 5.74) is 2.05. The average Bonchev–Trinajstić information content (AvgIpc) is 2.27. The molecule has 100 valence electrons. The van der Waals surface area contributed by atoms with E-state index in [9.17, 15) is 9.90 Å². The fourth-order valence-electron chi connectivity index (χ4n) is 1.78. The number of aliphatic hydroxyl groups excluding tert-OH is 1. The van der Waals surface area contributed by atoms with Gasteiger partial charge in [0.05, 0.1) is 12.0 Å². The van der Waals surface area contributed by atoms with Gasteiger partial charge in [0.1, 0.15) is 0 Å². The molecule has 3 nitrogen and oxygen atoms in total. The van der Waals surface area contributed by atoms with Gasteiger partial charge in [-0.05, 0) is 23.0 Å². The van der Waals surface area contributed by atoms with Crippen LogP contribution in [0.15, 0.2) is 24.3 Å². The summed E-state index contributed by atoms with van der Waals surface area (Å²) in [6, 6.07) is 7.73. The zero-order chi connectivity index (χ0) is 13.9. The van der Waals surface area contributed by atoms with E-state index in [-0.39, 0.29) is 11.8 Å². The molecule has 1 aromatic rings. The van der Waals surface area contributed by atoms with E-state index < -0.39 is 18.0 Å². The van der Waals surface area contributed by atoms with Gasteiger partial charge in [-0.2, -0.15) is 0 Å². The molecule has 2 atom stereocenters. The quantitative estimate of drug-likeness (QED) is 0.863. The molecular formula is C15H22O3. The summed E-state index contributed by atoms with van der Waals surface area (Å²) >= 11 is 0. The molecule has 0 saturated carbocycles. The maximum absolute atomic E-state index is 10.7. The first-order valence-corrected chi connectivity index (χ1v) is 6.23. The van der Waals surface area contributed by atoms with Gasteiger partial charge in [0.15, 0.2) is 0 Å². The van der Waals surface area contributed by atoms with Crippen LogP contribution in [0.5, 0.6) is 0 Å². The molecule has 0 spiro atoms. The molecule has 3 heteroatoms. The summed E-state index contributed by atoms with van der Waals surface area (Å²) in [6.07, 6.45) is -0.477. The maximum Gasteiger partial charge on any atom is 0.306 e. The second-order valence-electron chi connectivity index (χ2n) is 5.86. The predicted molar refractivity (Wildman–Crippen MR) is 71.5 cm³/mol. The molecule has 0 fully saturated rings. The lowest BCUT2D eigenvalue weighted by molar-refractivity contribution is -0.142. The fraction of sp³-hybridized carbons (Fsp3) is 0.533. The van der Waals surface area contributed by atoms with E-state index in [0.29, 0.717) is 0 Å². The van der Waals surface area contributed by atoms with E-state index in [1.165, 1.54) is 5.56 Å². The molecular weight excluding hydrogens is 228 g/mol. The first-order chi connectivity index (χ1) is 8.21.